The number of nitrogens with one attached hydrogen (secondary N) is 1. The largest absolute Gasteiger partial charge is 0.394 e. The Hall–Kier alpha value is -0.920. The molecule has 4 nitrogen and oxygen atoms in total. The number of sulfonamides is 1. The van der Waals surface area contributed by atoms with Crippen LogP contribution >= 0.6 is 27.5 Å². The second-order valence-electron chi connectivity index (χ2n) is 4.34. The van der Waals surface area contributed by atoms with Crippen LogP contribution in [0.15, 0.2) is 57.9 Å². The molecule has 112 valence electrons. The SMILES string of the molecule is O=S(=O)(N[C@H](CO)c1ccccc1)c1ccc(Cl)c(Br)c1. The van der Waals surface area contributed by atoms with Crippen LogP contribution in [0.4, 0.5) is 0 Å². The highest BCUT2D eigenvalue weighted by Crippen LogP contribution is 2.26. The zero-order chi connectivity index (χ0) is 15.5. The molecule has 2 N–H and O–H groups in total. The number of hydrogen-bond acceptors (Lipinski definition) is 3. The van der Waals surface area contributed by atoms with E-state index in [0.717, 1.165) is 0 Å². The van der Waals surface area contributed by atoms with Crippen LogP contribution < -0.4 is 4.72 Å². The predicted molar refractivity (Wildman–Crippen MR) is 85.7 cm³/mol. The van der Waals surface area contributed by atoms with E-state index in [-0.39, 0.29) is 11.5 Å². The summed E-state index contributed by atoms with van der Waals surface area (Å²) >= 11 is 9.05. The third kappa shape index (κ3) is 4.05. The van der Waals surface area contributed by atoms with E-state index >= 15 is 0 Å². The van der Waals surface area contributed by atoms with Gasteiger partial charge in [0.05, 0.1) is 22.6 Å². The Labute approximate surface area is 136 Å². The van der Waals surface area contributed by atoms with E-state index in [9.17, 15) is 13.5 Å². The second-order valence-corrected chi connectivity index (χ2v) is 7.32. The van der Waals surface area contributed by atoms with Crippen LogP contribution in [0.1, 0.15) is 11.6 Å². The third-order valence-electron chi connectivity index (χ3n) is 2.88. The zero-order valence-electron chi connectivity index (χ0n) is 10.8. The van der Waals surface area contributed by atoms with E-state index in [0.29, 0.717) is 15.1 Å². The summed E-state index contributed by atoms with van der Waals surface area (Å²) in [5.41, 5.74) is 0.691. The van der Waals surface area contributed by atoms with Gasteiger partial charge in [0.15, 0.2) is 0 Å². The number of rotatable bonds is 5. The van der Waals surface area contributed by atoms with Crippen molar-refractivity contribution in [3.63, 3.8) is 0 Å². The quantitative estimate of drug-likeness (QED) is 0.824. The molecule has 0 aliphatic heterocycles. The molecule has 0 aromatic heterocycles. The van der Waals surface area contributed by atoms with Gasteiger partial charge in [-0.2, -0.15) is 0 Å². The van der Waals surface area contributed by atoms with Crippen molar-refractivity contribution in [2.24, 2.45) is 0 Å². The van der Waals surface area contributed by atoms with Crippen LogP contribution in [0.25, 0.3) is 0 Å². The maximum absolute atomic E-state index is 12.4. The molecule has 7 heteroatoms. The standard InChI is InChI=1S/C14H13BrClNO3S/c15-12-8-11(6-7-13(12)16)21(19,20)17-14(9-18)10-4-2-1-3-5-10/h1-8,14,17-18H,9H2/t14-/m1/s1. The lowest BCUT2D eigenvalue weighted by atomic mass is 10.1. The molecule has 0 saturated carbocycles. The van der Waals surface area contributed by atoms with E-state index in [1.165, 1.54) is 18.2 Å². The Bertz CT molecular complexity index is 722. The molecule has 2 aromatic carbocycles. The number of aliphatic hydroxyl groups excluding tert-OH is 1. The van der Waals surface area contributed by atoms with Gasteiger partial charge in [-0.3, -0.25) is 0 Å². The molecule has 0 spiro atoms. The van der Waals surface area contributed by atoms with Gasteiger partial charge in [0.2, 0.25) is 10.0 Å². The Morgan fingerprint density at radius 1 is 1.19 bits per heavy atom. The van der Waals surface area contributed by atoms with Crippen molar-refractivity contribution in [3.8, 4) is 0 Å². The van der Waals surface area contributed by atoms with Gasteiger partial charge in [-0.05, 0) is 39.7 Å². The van der Waals surface area contributed by atoms with Gasteiger partial charge in [0.1, 0.15) is 0 Å². The summed E-state index contributed by atoms with van der Waals surface area (Å²) in [5, 5.41) is 9.86. The first-order chi connectivity index (χ1) is 9.94. The van der Waals surface area contributed by atoms with Gasteiger partial charge in [-0.1, -0.05) is 41.9 Å². The van der Waals surface area contributed by atoms with Gasteiger partial charge >= 0.3 is 0 Å². The van der Waals surface area contributed by atoms with Crippen molar-refractivity contribution < 1.29 is 13.5 Å². The number of hydrogen-bond donors (Lipinski definition) is 2. The minimum Gasteiger partial charge on any atom is -0.394 e. The van der Waals surface area contributed by atoms with Crippen LogP contribution in [0, 0.1) is 0 Å². The zero-order valence-corrected chi connectivity index (χ0v) is 14.0. The lowest BCUT2D eigenvalue weighted by Crippen LogP contribution is -2.30. The topological polar surface area (TPSA) is 66.4 Å². The molecule has 21 heavy (non-hydrogen) atoms. The molecule has 0 amide bonds. The first kappa shape index (κ1) is 16.5. The minimum atomic E-state index is -3.76. The second kappa shape index (κ2) is 6.89. The Morgan fingerprint density at radius 2 is 1.86 bits per heavy atom. The summed E-state index contributed by atoms with van der Waals surface area (Å²) in [6.45, 7) is -0.335. The highest BCUT2D eigenvalue weighted by atomic mass is 79.9. The van der Waals surface area contributed by atoms with Crippen LogP contribution in [-0.2, 0) is 10.0 Å². The maximum Gasteiger partial charge on any atom is 0.241 e. The van der Waals surface area contributed by atoms with Crippen molar-refractivity contribution in [1.29, 1.82) is 0 Å². The predicted octanol–water partition coefficient (Wildman–Crippen LogP) is 3.11. The first-order valence-corrected chi connectivity index (χ1v) is 8.72. The molecular weight excluding hydrogens is 378 g/mol. The molecule has 2 aromatic rings. The third-order valence-corrected chi connectivity index (χ3v) is 5.57. The van der Waals surface area contributed by atoms with Crippen molar-refractivity contribution in [1.82, 2.24) is 4.72 Å². The lowest BCUT2D eigenvalue weighted by Gasteiger charge is -2.17. The van der Waals surface area contributed by atoms with Crippen molar-refractivity contribution >= 4 is 37.6 Å². The van der Waals surface area contributed by atoms with E-state index < -0.39 is 16.1 Å². The average Bonchev–Trinajstić information content (AvgIpc) is 2.48. The van der Waals surface area contributed by atoms with Crippen LogP contribution in [0.5, 0.6) is 0 Å². The molecule has 0 unspecified atom stereocenters. The summed E-state index contributed by atoms with van der Waals surface area (Å²) in [6, 6.07) is 12.5. The summed E-state index contributed by atoms with van der Waals surface area (Å²) in [6.07, 6.45) is 0. The normalized spacial score (nSPS) is 13.1. The molecular formula is C14H13BrClNO3S. The summed E-state index contributed by atoms with van der Waals surface area (Å²) < 4.78 is 27.7. The molecule has 0 radical (unpaired) electrons. The minimum absolute atomic E-state index is 0.0770. The monoisotopic (exact) mass is 389 g/mol. The maximum atomic E-state index is 12.4. The van der Waals surface area contributed by atoms with Crippen LogP contribution in [0.3, 0.4) is 0 Å². The fourth-order valence-electron chi connectivity index (χ4n) is 1.80. The molecule has 0 aliphatic carbocycles. The molecule has 0 aliphatic rings. The molecule has 0 fully saturated rings. The number of benzene rings is 2. The summed E-state index contributed by atoms with van der Waals surface area (Å²) in [7, 11) is -3.76. The fourth-order valence-corrected chi connectivity index (χ4v) is 3.68. The van der Waals surface area contributed by atoms with Gasteiger partial charge in [0, 0.05) is 4.47 Å². The lowest BCUT2D eigenvalue weighted by molar-refractivity contribution is 0.259. The summed E-state index contributed by atoms with van der Waals surface area (Å²) in [4.78, 5) is 0.0770. The summed E-state index contributed by atoms with van der Waals surface area (Å²) in [5.74, 6) is 0. The van der Waals surface area contributed by atoms with E-state index in [4.69, 9.17) is 11.6 Å². The molecule has 0 saturated heterocycles. The Balaban J connectivity index is 2.29. The van der Waals surface area contributed by atoms with Gasteiger partial charge in [-0.25, -0.2) is 13.1 Å². The van der Waals surface area contributed by atoms with E-state index in [2.05, 4.69) is 20.7 Å². The van der Waals surface area contributed by atoms with E-state index in [1.54, 1.807) is 24.3 Å². The van der Waals surface area contributed by atoms with Crippen LogP contribution in [0.2, 0.25) is 5.02 Å². The Kier molecular flexibility index (Phi) is 5.40. The van der Waals surface area contributed by atoms with Gasteiger partial charge in [0.25, 0.3) is 0 Å². The molecule has 0 bridgehead atoms. The first-order valence-electron chi connectivity index (χ1n) is 6.07. The molecule has 1 atom stereocenters. The van der Waals surface area contributed by atoms with Gasteiger partial charge in [-0.15, -0.1) is 0 Å². The van der Waals surface area contributed by atoms with Gasteiger partial charge < -0.3 is 5.11 Å². The molecule has 2 rings (SSSR count). The van der Waals surface area contributed by atoms with Crippen molar-refractivity contribution in [3.05, 3.63) is 63.6 Å². The smallest absolute Gasteiger partial charge is 0.241 e. The van der Waals surface area contributed by atoms with E-state index in [1.807, 2.05) is 6.07 Å². The van der Waals surface area contributed by atoms with Crippen LogP contribution in [-0.4, -0.2) is 20.1 Å². The number of halogens is 2. The highest BCUT2D eigenvalue weighted by Gasteiger charge is 2.21. The highest BCUT2D eigenvalue weighted by molar-refractivity contribution is 9.10. The average molecular weight is 391 g/mol. The van der Waals surface area contributed by atoms with Crippen molar-refractivity contribution in [2.75, 3.05) is 6.61 Å². The Morgan fingerprint density at radius 3 is 2.43 bits per heavy atom. The van der Waals surface area contributed by atoms with Crippen molar-refractivity contribution in [2.45, 2.75) is 10.9 Å². The molecule has 0 heterocycles. The number of aliphatic hydroxyl groups is 1. The fraction of sp³-hybridized carbons (Fsp3) is 0.143.